The van der Waals surface area contributed by atoms with E-state index in [9.17, 15) is 4.79 Å². The highest BCUT2D eigenvalue weighted by atomic mass is 35.5. The zero-order chi connectivity index (χ0) is 9.42. The van der Waals surface area contributed by atoms with Crippen LogP contribution in [0.15, 0.2) is 10.9 Å². The summed E-state index contributed by atoms with van der Waals surface area (Å²) in [7, 11) is 1.68. The number of hydrogen-bond acceptors (Lipinski definition) is 3. The molecule has 1 aliphatic carbocycles. The van der Waals surface area contributed by atoms with Crippen molar-refractivity contribution in [2.45, 2.75) is 25.3 Å². The first kappa shape index (κ1) is 11.2. The van der Waals surface area contributed by atoms with E-state index in [0.717, 1.165) is 30.5 Å². The highest BCUT2D eigenvalue weighted by Gasteiger charge is 2.17. The minimum Gasteiger partial charge on any atom is -0.327 e. The maximum absolute atomic E-state index is 11.3. The Morgan fingerprint density at radius 1 is 1.64 bits per heavy atom. The van der Waals surface area contributed by atoms with Crippen LogP contribution in [0.4, 0.5) is 0 Å². The molecule has 1 unspecified atom stereocenters. The van der Waals surface area contributed by atoms with Gasteiger partial charge in [-0.25, -0.2) is 4.68 Å². The molecule has 0 radical (unpaired) electrons. The number of nitrogens with zero attached hydrogens (tertiary/aromatic N) is 2. The lowest BCUT2D eigenvalue weighted by Crippen LogP contribution is -2.32. The predicted molar refractivity (Wildman–Crippen MR) is 56.7 cm³/mol. The minimum atomic E-state index is -0.0483. The molecule has 0 saturated carbocycles. The molecule has 0 bridgehead atoms. The van der Waals surface area contributed by atoms with Gasteiger partial charge in [-0.2, -0.15) is 5.10 Å². The summed E-state index contributed by atoms with van der Waals surface area (Å²) in [4.78, 5) is 11.3. The summed E-state index contributed by atoms with van der Waals surface area (Å²) in [6.45, 7) is 0. The zero-order valence-corrected chi connectivity index (χ0v) is 8.88. The second-order valence-corrected chi connectivity index (χ2v) is 3.58. The van der Waals surface area contributed by atoms with Gasteiger partial charge in [-0.15, -0.1) is 12.4 Å². The van der Waals surface area contributed by atoms with Crippen LogP contribution in [0.25, 0.3) is 0 Å². The Labute approximate surface area is 88.5 Å². The molecule has 1 atom stereocenters. The van der Waals surface area contributed by atoms with Crippen LogP contribution in [0.3, 0.4) is 0 Å². The summed E-state index contributed by atoms with van der Waals surface area (Å²) >= 11 is 0. The van der Waals surface area contributed by atoms with Gasteiger partial charge in [0.25, 0.3) is 5.56 Å². The average molecular weight is 216 g/mol. The number of nitrogens with two attached hydrogens (primary N) is 1. The van der Waals surface area contributed by atoms with Crippen LogP contribution in [0, 0.1) is 0 Å². The Balaban J connectivity index is 0.000000980. The predicted octanol–water partition coefficient (Wildman–Crippen LogP) is 0.0181. The molecule has 5 heteroatoms. The van der Waals surface area contributed by atoms with Crippen LogP contribution in [-0.4, -0.2) is 15.8 Å². The van der Waals surface area contributed by atoms with Crippen molar-refractivity contribution in [2.24, 2.45) is 12.8 Å². The van der Waals surface area contributed by atoms with Crippen molar-refractivity contribution in [2.75, 3.05) is 0 Å². The van der Waals surface area contributed by atoms with Gasteiger partial charge in [-0.1, -0.05) is 0 Å². The van der Waals surface area contributed by atoms with Gasteiger partial charge in [0.1, 0.15) is 0 Å². The van der Waals surface area contributed by atoms with E-state index < -0.39 is 0 Å². The topological polar surface area (TPSA) is 60.9 Å². The lowest BCUT2D eigenvalue weighted by atomic mass is 9.93. The fraction of sp³-hybridized carbons (Fsp3) is 0.556. The van der Waals surface area contributed by atoms with Crippen LogP contribution in [0.1, 0.15) is 17.7 Å². The van der Waals surface area contributed by atoms with Crippen LogP contribution >= 0.6 is 12.4 Å². The molecule has 14 heavy (non-hydrogen) atoms. The number of aromatic nitrogens is 2. The fourth-order valence-electron chi connectivity index (χ4n) is 1.71. The molecule has 0 spiro atoms. The molecule has 1 aromatic rings. The van der Waals surface area contributed by atoms with Gasteiger partial charge in [-0.05, 0) is 24.8 Å². The van der Waals surface area contributed by atoms with Gasteiger partial charge < -0.3 is 5.73 Å². The van der Waals surface area contributed by atoms with Crippen LogP contribution in [0.2, 0.25) is 0 Å². The quantitative estimate of drug-likeness (QED) is 0.664. The second-order valence-electron chi connectivity index (χ2n) is 3.58. The van der Waals surface area contributed by atoms with E-state index in [1.54, 1.807) is 13.1 Å². The van der Waals surface area contributed by atoms with Gasteiger partial charge in [0, 0.05) is 19.2 Å². The van der Waals surface area contributed by atoms with Gasteiger partial charge in [0.2, 0.25) is 0 Å². The molecule has 0 amide bonds. The van der Waals surface area contributed by atoms with Crippen LogP contribution in [0.5, 0.6) is 0 Å². The van der Waals surface area contributed by atoms with E-state index in [2.05, 4.69) is 5.10 Å². The first-order chi connectivity index (χ1) is 6.16. The summed E-state index contributed by atoms with van der Waals surface area (Å²) in [6, 6.07) is 1.85. The first-order valence-corrected chi connectivity index (χ1v) is 4.48. The average Bonchev–Trinajstić information content (AvgIpc) is 2.08. The second kappa shape index (κ2) is 4.11. The molecule has 1 heterocycles. The number of rotatable bonds is 0. The van der Waals surface area contributed by atoms with Gasteiger partial charge >= 0.3 is 0 Å². The van der Waals surface area contributed by atoms with E-state index in [1.807, 2.05) is 0 Å². The van der Waals surface area contributed by atoms with Crippen molar-refractivity contribution in [1.29, 1.82) is 0 Å². The van der Waals surface area contributed by atoms with E-state index in [1.165, 1.54) is 4.68 Å². The van der Waals surface area contributed by atoms with Crippen molar-refractivity contribution in [3.63, 3.8) is 0 Å². The summed E-state index contributed by atoms with van der Waals surface area (Å²) < 4.78 is 1.38. The molecular weight excluding hydrogens is 202 g/mol. The molecule has 2 rings (SSSR count). The number of halogens is 1. The maximum Gasteiger partial charge on any atom is 0.266 e. The van der Waals surface area contributed by atoms with Gasteiger partial charge in [-0.3, -0.25) is 4.79 Å². The highest BCUT2D eigenvalue weighted by Crippen LogP contribution is 2.15. The highest BCUT2D eigenvalue weighted by molar-refractivity contribution is 5.85. The summed E-state index contributed by atoms with van der Waals surface area (Å²) in [5, 5.41) is 4.20. The Morgan fingerprint density at radius 3 is 3.07 bits per heavy atom. The third-order valence-corrected chi connectivity index (χ3v) is 2.49. The first-order valence-electron chi connectivity index (χ1n) is 4.48. The monoisotopic (exact) mass is 215 g/mol. The van der Waals surface area contributed by atoms with E-state index in [0.29, 0.717) is 0 Å². The lowest BCUT2D eigenvalue weighted by Gasteiger charge is -2.20. The number of aryl methyl sites for hydroxylation is 2. The molecule has 1 aromatic heterocycles. The van der Waals surface area contributed by atoms with Gasteiger partial charge in [0.05, 0.1) is 5.69 Å². The summed E-state index contributed by atoms with van der Waals surface area (Å²) in [5.74, 6) is 0. The summed E-state index contributed by atoms with van der Waals surface area (Å²) in [6.07, 6.45) is 2.65. The molecule has 0 fully saturated rings. The molecule has 78 valence electrons. The molecule has 0 saturated heterocycles. The van der Waals surface area contributed by atoms with Gasteiger partial charge in [0.15, 0.2) is 0 Å². The van der Waals surface area contributed by atoms with Crippen LogP contribution in [-0.2, 0) is 19.9 Å². The smallest absolute Gasteiger partial charge is 0.266 e. The molecule has 2 N–H and O–H groups in total. The van der Waals surface area contributed by atoms with Crippen molar-refractivity contribution in [3.05, 3.63) is 27.7 Å². The molecule has 0 aliphatic heterocycles. The normalized spacial score (nSPS) is 19.7. The zero-order valence-electron chi connectivity index (χ0n) is 8.06. The molecular formula is C9H14ClN3O. The van der Waals surface area contributed by atoms with Crippen molar-refractivity contribution < 1.29 is 0 Å². The van der Waals surface area contributed by atoms with E-state index >= 15 is 0 Å². The fourth-order valence-corrected chi connectivity index (χ4v) is 1.71. The number of hydrogen-bond donors (Lipinski definition) is 1. The third kappa shape index (κ3) is 1.96. The Kier molecular flexibility index (Phi) is 3.29. The number of fused-ring (bicyclic) bond motifs is 1. The SMILES string of the molecule is Cl.Cn1nc2c(cc1=O)CC(N)CC2. The molecule has 1 aliphatic rings. The van der Waals surface area contributed by atoms with Crippen molar-refractivity contribution in [1.82, 2.24) is 9.78 Å². The van der Waals surface area contributed by atoms with Crippen LogP contribution < -0.4 is 11.3 Å². The minimum absolute atomic E-state index is 0. The maximum atomic E-state index is 11.3. The van der Waals surface area contributed by atoms with E-state index in [-0.39, 0.29) is 24.0 Å². The lowest BCUT2D eigenvalue weighted by molar-refractivity contribution is 0.541. The molecule has 0 aromatic carbocycles. The van der Waals surface area contributed by atoms with E-state index in [4.69, 9.17) is 5.73 Å². The molecule has 4 nitrogen and oxygen atoms in total. The van der Waals surface area contributed by atoms with Crippen molar-refractivity contribution >= 4 is 12.4 Å². The standard InChI is InChI=1S/C9H13N3O.ClH/c1-12-9(13)5-6-4-7(10)2-3-8(6)11-12;/h5,7H,2-4,10H2,1H3;1H. The van der Waals surface area contributed by atoms with Crippen molar-refractivity contribution in [3.8, 4) is 0 Å². The Bertz CT molecular complexity index is 388. The Hall–Kier alpha value is -0.870. The summed E-state index contributed by atoms with van der Waals surface area (Å²) in [5.41, 5.74) is 7.81. The largest absolute Gasteiger partial charge is 0.327 e. The third-order valence-electron chi connectivity index (χ3n) is 2.49. The Morgan fingerprint density at radius 2 is 2.36 bits per heavy atom.